The summed E-state index contributed by atoms with van der Waals surface area (Å²) in [5.41, 5.74) is 3.18. The minimum absolute atomic E-state index is 0.651. The van der Waals surface area contributed by atoms with E-state index in [2.05, 4.69) is 5.10 Å². The number of rotatable bonds is 3. The van der Waals surface area contributed by atoms with E-state index in [0.29, 0.717) is 5.88 Å². The highest BCUT2D eigenvalue weighted by atomic mass is 16.5. The molecule has 0 bridgehead atoms. The van der Waals surface area contributed by atoms with Crippen molar-refractivity contribution >= 4 is 0 Å². The maximum absolute atomic E-state index is 5.86. The van der Waals surface area contributed by atoms with Crippen LogP contribution in [0, 0.1) is 13.8 Å². The summed E-state index contributed by atoms with van der Waals surface area (Å²) in [7, 11) is 0. The molecule has 0 N–H and O–H groups in total. The molecule has 0 unspecified atom stereocenters. The van der Waals surface area contributed by atoms with Crippen molar-refractivity contribution in [3.63, 3.8) is 0 Å². The van der Waals surface area contributed by atoms with Crippen LogP contribution in [0.25, 0.3) is 5.69 Å². The molecule has 0 amide bonds. The molecule has 0 aliphatic carbocycles. The normalized spacial score (nSPS) is 10.5. The maximum atomic E-state index is 5.86. The van der Waals surface area contributed by atoms with E-state index in [1.54, 1.807) is 0 Å². The Morgan fingerprint density at radius 2 is 1.45 bits per heavy atom. The molecule has 3 nitrogen and oxygen atoms in total. The topological polar surface area (TPSA) is 27.1 Å². The molecule has 0 saturated carbocycles. The van der Waals surface area contributed by atoms with Crippen LogP contribution >= 0.6 is 0 Å². The minimum atomic E-state index is 0.651. The molecule has 0 aliphatic rings. The van der Waals surface area contributed by atoms with Gasteiger partial charge in [0.2, 0.25) is 5.88 Å². The third kappa shape index (κ3) is 2.30. The largest absolute Gasteiger partial charge is 0.437 e. The van der Waals surface area contributed by atoms with Crippen molar-refractivity contribution in [2.45, 2.75) is 13.8 Å². The lowest BCUT2D eigenvalue weighted by atomic mass is 10.2. The van der Waals surface area contributed by atoms with E-state index in [4.69, 9.17) is 4.74 Å². The zero-order valence-electron chi connectivity index (χ0n) is 11.6. The summed E-state index contributed by atoms with van der Waals surface area (Å²) in [6, 6.07) is 19.8. The Labute approximate surface area is 118 Å². The summed E-state index contributed by atoms with van der Waals surface area (Å²) >= 11 is 0. The first-order valence-electron chi connectivity index (χ1n) is 6.60. The number of para-hydroxylation sites is 2. The molecule has 0 saturated heterocycles. The molecular weight excluding hydrogens is 248 g/mol. The smallest absolute Gasteiger partial charge is 0.241 e. The second-order valence-electron chi connectivity index (χ2n) is 4.68. The van der Waals surface area contributed by atoms with Crippen LogP contribution in [0.2, 0.25) is 0 Å². The van der Waals surface area contributed by atoms with Gasteiger partial charge in [-0.25, -0.2) is 4.68 Å². The summed E-state index contributed by atoms with van der Waals surface area (Å²) < 4.78 is 7.77. The van der Waals surface area contributed by atoms with Crippen molar-refractivity contribution in [2.75, 3.05) is 0 Å². The van der Waals surface area contributed by atoms with Crippen LogP contribution in [-0.4, -0.2) is 9.78 Å². The molecule has 2 aromatic carbocycles. The Balaban J connectivity index is 1.98. The van der Waals surface area contributed by atoms with Crippen LogP contribution < -0.4 is 4.74 Å². The summed E-state index contributed by atoms with van der Waals surface area (Å²) in [6.45, 7) is 4.08. The van der Waals surface area contributed by atoms with Gasteiger partial charge in [0.1, 0.15) is 5.75 Å². The second kappa shape index (κ2) is 5.21. The fourth-order valence-electron chi connectivity index (χ4n) is 2.07. The molecule has 1 aromatic heterocycles. The molecule has 0 radical (unpaired) electrons. The highest BCUT2D eigenvalue weighted by Crippen LogP contribution is 2.27. The van der Waals surface area contributed by atoms with Crippen molar-refractivity contribution in [1.82, 2.24) is 9.78 Å². The monoisotopic (exact) mass is 264 g/mol. The standard InChI is InChI=1S/C17H16N2O/c1-13-14(2)19(15-9-5-3-6-10-15)18-17(13)20-16-11-7-4-8-12-16/h3-12H,1-2H3. The van der Waals surface area contributed by atoms with Gasteiger partial charge in [0.15, 0.2) is 0 Å². The lowest BCUT2D eigenvalue weighted by Gasteiger charge is -2.03. The Hall–Kier alpha value is -2.55. The molecule has 3 heteroatoms. The van der Waals surface area contributed by atoms with Crippen LogP contribution in [0.1, 0.15) is 11.3 Å². The number of ether oxygens (including phenoxy) is 1. The summed E-state index contributed by atoms with van der Waals surface area (Å²) in [5.74, 6) is 1.45. The second-order valence-corrected chi connectivity index (χ2v) is 4.68. The third-order valence-electron chi connectivity index (χ3n) is 3.33. The van der Waals surface area contributed by atoms with Crippen LogP contribution in [0.5, 0.6) is 11.6 Å². The van der Waals surface area contributed by atoms with Gasteiger partial charge in [-0.2, -0.15) is 0 Å². The van der Waals surface area contributed by atoms with Gasteiger partial charge in [-0.3, -0.25) is 0 Å². The number of aromatic nitrogens is 2. The Kier molecular flexibility index (Phi) is 3.25. The van der Waals surface area contributed by atoms with Crippen molar-refractivity contribution in [1.29, 1.82) is 0 Å². The predicted octanol–water partition coefficient (Wildman–Crippen LogP) is 4.28. The molecule has 20 heavy (non-hydrogen) atoms. The Morgan fingerprint density at radius 3 is 2.10 bits per heavy atom. The van der Waals surface area contributed by atoms with Gasteiger partial charge in [0, 0.05) is 11.3 Å². The molecular formula is C17H16N2O. The fraction of sp³-hybridized carbons (Fsp3) is 0.118. The molecule has 0 aliphatic heterocycles. The van der Waals surface area contributed by atoms with E-state index in [1.165, 1.54) is 0 Å². The number of nitrogens with zero attached hydrogens (tertiary/aromatic N) is 2. The quantitative estimate of drug-likeness (QED) is 0.706. The average molecular weight is 264 g/mol. The van der Waals surface area contributed by atoms with Crippen LogP contribution in [0.3, 0.4) is 0 Å². The Bertz CT molecular complexity index is 703. The van der Waals surface area contributed by atoms with Crippen LogP contribution in [0.15, 0.2) is 60.7 Å². The summed E-state index contributed by atoms with van der Waals surface area (Å²) in [6.07, 6.45) is 0. The maximum Gasteiger partial charge on any atom is 0.241 e. The number of benzene rings is 2. The summed E-state index contributed by atoms with van der Waals surface area (Å²) in [5, 5.41) is 4.57. The van der Waals surface area contributed by atoms with E-state index in [9.17, 15) is 0 Å². The zero-order chi connectivity index (χ0) is 13.9. The molecule has 0 spiro atoms. The fourth-order valence-corrected chi connectivity index (χ4v) is 2.07. The first kappa shape index (κ1) is 12.5. The lowest BCUT2D eigenvalue weighted by Crippen LogP contribution is -1.98. The molecule has 0 atom stereocenters. The van der Waals surface area contributed by atoms with E-state index < -0.39 is 0 Å². The third-order valence-corrected chi connectivity index (χ3v) is 3.33. The highest BCUT2D eigenvalue weighted by Gasteiger charge is 2.13. The SMILES string of the molecule is Cc1c(Oc2ccccc2)nn(-c2ccccc2)c1C. The summed E-state index contributed by atoms with van der Waals surface area (Å²) in [4.78, 5) is 0. The minimum Gasteiger partial charge on any atom is -0.437 e. The van der Waals surface area contributed by atoms with Gasteiger partial charge in [-0.1, -0.05) is 36.4 Å². The molecule has 3 aromatic rings. The van der Waals surface area contributed by atoms with E-state index in [0.717, 1.165) is 22.7 Å². The first-order chi connectivity index (χ1) is 9.75. The highest BCUT2D eigenvalue weighted by molar-refractivity contribution is 5.40. The Morgan fingerprint density at radius 1 is 0.850 bits per heavy atom. The van der Waals surface area contributed by atoms with Gasteiger partial charge >= 0.3 is 0 Å². The average Bonchev–Trinajstić information content (AvgIpc) is 2.78. The number of hydrogen-bond donors (Lipinski definition) is 0. The van der Waals surface area contributed by atoms with E-state index >= 15 is 0 Å². The molecule has 0 fully saturated rings. The van der Waals surface area contributed by atoms with E-state index in [1.807, 2.05) is 79.2 Å². The van der Waals surface area contributed by atoms with Crippen molar-refractivity contribution < 1.29 is 4.74 Å². The van der Waals surface area contributed by atoms with Gasteiger partial charge in [0.25, 0.3) is 0 Å². The van der Waals surface area contributed by atoms with Crippen molar-refractivity contribution in [3.8, 4) is 17.3 Å². The van der Waals surface area contributed by atoms with Crippen LogP contribution in [-0.2, 0) is 0 Å². The zero-order valence-corrected chi connectivity index (χ0v) is 11.6. The van der Waals surface area contributed by atoms with Crippen molar-refractivity contribution in [2.24, 2.45) is 0 Å². The van der Waals surface area contributed by atoms with E-state index in [-0.39, 0.29) is 0 Å². The molecule has 3 rings (SSSR count). The molecule has 100 valence electrons. The van der Waals surface area contributed by atoms with Gasteiger partial charge in [-0.05, 0) is 38.1 Å². The van der Waals surface area contributed by atoms with Gasteiger partial charge in [-0.15, -0.1) is 5.10 Å². The van der Waals surface area contributed by atoms with Gasteiger partial charge in [0.05, 0.1) is 5.69 Å². The van der Waals surface area contributed by atoms with Gasteiger partial charge < -0.3 is 4.74 Å². The number of hydrogen-bond acceptors (Lipinski definition) is 2. The van der Waals surface area contributed by atoms with Crippen LogP contribution in [0.4, 0.5) is 0 Å². The lowest BCUT2D eigenvalue weighted by molar-refractivity contribution is 0.454. The van der Waals surface area contributed by atoms with Crippen molar-refractivity contribution in [3.05, 3.63) is 71.9 Å². The first-order valence-corrected chi connectivity index (χ1v) is 6.60. The molecule has 1 heterocycles. The predicted molar refractivity (Wildman–Crippen MR) is 79.6 cm³/mol.